The topological polar surface area (TPSA) is 25.8 Å². The van der Waals surface area contributed by atoms with E-state index in [-0.39, 0.29) is 0 Å². The van der Waals surface area contributed by atoms with E-state index in [9.17, 15) is 0 Å². The molecule has 0 saturated heterocycles. The van der Waals surface area contributed by atoms with Crippen molar-refractivity contribution in [3.05, 3.63) is 21.9 Å². The molecule has 0 atom stereocenters. The second kappa shape index (κ2) is 3.37. The molecule has 0 unspecified atom stereocenters. The third kappa shape index (κ3) is 1.90. The summed E-state index contributed by atoms with van der Waals surface area (Å²) in [7, 11) is 0. The first-order valence-corrected chi connectivity index (χ1v) is 5.51. The monoisotopic (exact) mass is 240 g/mol. The van der Waals surface area contributed by atoms with Crippen LogP contribution in [0.15, 0.2) is 10.7 Å². The van der Waals surface area contributed by atoms with Crippen LogP contribution >= 0.6 is 15.9 Å². The van der Waals surface area contributed by atoms with Crippen molar-refractivity contribution in [1.82, 2.24) is 10.2 Å². The van der Waals surface area contributed by atoms with E-state index in [4.69, 9.17) is 0 Å². The minimum atomic E-state index is 0.544. The van der Waals surface area contributed by atoms with Crippen molar-refractivity contribution in [3.8, 4) is 0 Å². The zero-order chi connectivity index (χ0) is 9.42. The first-order valence-electron chi connectivity index (χ1n) is 4.71. The summed E-state index contributed by atoms with van der Waals surface area (Å²) in [5.41, 5.74) is 2.57. The summed E-state index contributed by atoms with van der Waals surface area (Å²) in [6.45, 7) is 4.41. The fourth-order valence-electron chi connectivity index (χ4n) is 1.53. The summed E-state index contributed by atoms with van der Waals surface area (Å²) in [6, 6.07) is 2.10. The van der Waals surface area contributed by atoms with Gasteiger partial charge in [-0.25, -0.2) is 0 Å². The van der Waals surface area contributed by atoms with E-state index in [0.29, 0.717) is 11.8 Å². The maximum atomic E-state index is 4.26. The first-order chi connectivity index (χ1) is 6.18. The molecule has 0 aromatic carbocycles. The molecule has 70 valence electrons. The van der Waals surface area contributed by atoms with Gasteiger partial charge in [0.05, 0.1) is 5.69 Å². The van der Waals surface area contributed by atoms with Crippen LogP contribution < -0.4 is 0 Å². The summed E-state index contributed by atoms with van der Waals surface area (Å²) < 4.78 is 0.848. The molecule has 1 aromatic heterocycles. The van der Waals surface area contributed by atoms with Crippen molar-refractivity contribution in [2.24, 2.45) is 0 Å². The van der Waals surface area contributed by atoms with E-state index in [1.807, 2.05) is 0 Å². The van der Waals surface area contributed by atoms with Crippen LogP contribution in [0.4, 0.5) is 0 Å². The van der Waals surface area contributed by atoms with Crippen LogP contribution in [0.5, 0.6) is 0 Å². The zero-order valence-corrected chi connectivity index (χ0v) is 9.50. The molecule has 2 nitrogen and oxygen atoms in total. The lowest BCUT2D eigenvalue weighted by molar-refractivity contribution is 0.785. The Morgan fingerprint density at radius 1 is 1.38 bits per heavy atom. The van der Waals surface area contributed by atoms with Gasteiger partial charge in [0, 0.05) is 5.92 Å². The van der Waals surface area contributed by atoms with Crippen LogP contribution in [0, 0.1) is 0 Å². The Kier molecular flexibility index (Phi) is 2.37. The van der Waals surface area contributed by atoms with Gasteiger partial charge >= 0.3 is 0 Å². The van der Waals surface area contributed by atoms with Crippen LogP contribution in [0.1, 0.15) is 49.8 Å². The summed E-state index contributed by atoms with van der Waals surface area (Å²) in [5, 5.41) is 8.31. The standard InChI is InChI=1S/C10H13BrN2/c1-6(2)8-5-9(11)12-13-10(8)7-3-4-7/h5-7H,3-4H2,1-2H3. The molecular weight excluding hydrogens is 228 g/mol. The van der Waals surface area contributed by atoms with E-state index < -0.39 is 0 Å². The van der Waals surface area contributed by atoms with E-state index in [2.05, 4.69) is 46.0 Å². The number of hydrogen-bond acceptors (Lipinski definition) is 2. The van der Waals surface area contributed by atoms with Gasteiger partial charge in [-0.2, -0.15) is 5.10 Å². The lowest BCUT2D eigenvalue weighted by Crippen LogP contribution is -2.00. The number of aromatic nitrogens is 2. The number of rotatable bonds is 2. The molecule has 0 amide bonds. The fourth-order valence-corrected chi connectivity index (χ4v) is 1.85. The summed E-state index contributed by atoms with van der Waals surface area (Å²) in [4.78, 5) is 0. The molecule has 1 aromatic rings. The lowest BCUT2D eigenvalue weighted by Gasteiger charge is -2.10. The smallest absolute Gasteiger partial charge is 0.129 e. The molecule has 0 bridgehead atoms. The highest BCUT2D eigenvalue weighted by Crippen LogP contribution is 2.42. The molecule has 0 spiro atoms. The molecule has 1 aliphatic carbocycles. The molecule has 1 aliphatic rings. The number of nitrogens with zero attached hydrogens (tertiary/aromatic N) is 2. The van der Waals surface area contributed by atoms with Crippen molar-refractivity contribution in [3.63, 3.8) is 0 Å². The van der Waals surface area contributed by atoms with E-state index >= 15 is 0 Å². The molecule has 0 aliphatic heterocycles. The van der Waals surface area contributed by atoms with Crippen LogP contribution in [0.25, 0.3) is 0 Å². The third-order valence-corrected chi connectivity index (χ3v) is 2.80. The normalized spacial score (nSPS) is 16.6. The first kappa shape index (κ1) is 9.13. The van der Waals surface area contributed by atoms with E-state index in [1.54, 1.807) is 0 Å². The van der Waals surface area contributed by atoms with E-state index in [1.165, 1.54) is 24.1 Å². The van der Waals surface area contributed by atoms with Gasteiger partial charge < -0.3 is 0 Å². The van der Waals surface area contributed by atoms with Crippen LogP contribution in [0.2, 0.25) is 0 Å². The Hall–Kier alpha value is -0.440. The molecule has 0 radical (unpaired) electrons. The molecule has 1 saturated carbocycles. The average molecular weight is 241 g/mol. The van der Waals surface area contributed by atoms with Crippen molar-refractivity contribution >= 4 is 15.9 Å². The second-order valence-electron chi connectivity index (χ2n) is 3.94. The van der Waals surface area contributed by atoms with Gasteiger partial charge in [0.15, 0.2) is 0 Å². The van der Waals surface area contributed by atoms with Gasteiger partial charge in [-0.3, -0.25) is 0 Å². The van der Waals surface area contributed by atoms with Gasteiger partial charge in [0.2, 0.25) is 0 Å². The molecular formula is C10H13BrN2. The maximum Gasteiger partial charge on any atom is 0.129 e. The molecule has 13 heavy (non-hydrogen) atoms. The lowest BCUT2D eigenvalue weighted by atomic mass is 10.0. The predicted octanol–water partition coefficient (Wildman–Crippen LogP) is 3.24. The van der Waals surface area contributed by atoms with Crippen molar-refractivity contribution in [1.29, 1.82) is 0 Å². The van der Waals surface area contributed by atoms with Gasteiger partial charge in [-0.05, 0) is 46.3 Å². The Morgan fingerprint density at radius 2 is 2.08 bits per heavy atom. The van der Waals surface area contributed by atoms with Gasteiger partial charge in [0.1, 0.15) is 4.60 Å². The summed E-state index contributed by atoms with van der Waals surface area (Å²) >= 11 is 3.36. The Morgan fingerprint density at radius 3 is 2.62 bits per heavy atom. The van der Waals surface area contributed by atoms with Gasteiger partial charge in [0.25, 0.3) is 0 Å². The predicted molar refractivity (Wildman–Crippen MR) is 55.8 cm³/mol. The Labute approximate surface area is 86.9 Å². The van der Waals surface area contributed by atoms with Crippen LogP contribution in [-0.2, 0) is 0 Å². The molecule has 2 rings (SSSR count). The molecule has 1 heterocycles. The quantitative estimate of drug-likeness (QED) is 0.794. The Bertz CT molecular complexity index is 319. The average Bonchev–Trinajstić information content (AvgIpc) is 2.87. The van der Waals surface area contributed by atoms with Crippen molar-refractivity contribution < 1.29 is 0 Å². The number of hydrogen-bond donors (Lipinski definition) is 0. The van der Waals surface area contributed by atoms with Crippen molar-refractivity contribution in [2.75, 3.05) is 0 Å². The minimum Gasteiger partial charge on any atom is -0.154 e. The largest absolute Gasteiger partial charge is 0.154 e. The fraction of sp³-hybridized carbons (Fsp3) is 0.600. The molecule has 3 heteroatoms. The summed E-state index contributed by atoms with van der Waals surface area (Å²) in [6.07, 6.45) is 2.58. The highest BCUT2D eigenvalue weighted by molar-refractivity contribution is 9.10. The zero-order valence-electron chi connectivity index (χ0n) is 7.92. The third-order valence-electron chi connectivity index (χ3n) is 2.41. The second-order valence-corrected chi connectivity index (χ2v) is 4.75. The maximum absolute atomic E-state index is 4.26. The van der Waals surface area contributed by atoms with Crippen molar-refractivity contribution in [2.45, 2.75) is 38.5 Å². The molecule has 1 fully saturated rings. The minimum absolute atomic E-state index is 0.544. The highest BCUT2D eigenvalue weighted by Gasteiger charge is 2.28. The SMILES string of the molecule is CC(C)c1cc(Br)nnc1C1CC1. The Balaban J connectivity index is 2.41. The summed E-state index contributed by atoms with van der Waals surface area (Å²) in [5.74, 6) is 1.24. The van der Waals surface area contributed by atoms with Gasteiger partial charge in [-0.15, -0.1) is 5.10 Å². The van der Waals surface area contributed by atoms with Gasteiger partial charge in [-0.1, -0.05) is 13.8 Å². The van der Waals surface area contributed by atoms with Crippen LogP contribution in [-0.4, -0.2) is 10.2 Å². The van der Waals surface area contributed by atoms with Crippen LogP contribution in [0.3, 0.4) is 0 Å². The number of halogens is 1. The molecule has 0 N–H and O–H groups in total. The highest BCUT2D eigenvalue weighted by atomic mass is 79.9. The van der Waals surface area contributed by atoms with E-state index in [0.717, 1.165) is 4.60 Å².